The summed E-state index contributed by atoms with van der Waals surface area (Å²) < 4.78 is 26.3. The molecular weight excluding hydrogens is 402 g/mol. The normalized spacial score (nSPS) is 21.0. The monoisotopic (exact) mass is 426 g/mol. The van der Waals surface area contributed by atoms with Crippen LogP contribution in [0.3, 0.4) is 0 Å². The highest BCUT2D eigenvalue weighted by molar-refractivity contribution is 6.09. The lowest BCUT2D eigenvalue weighted by Crippen LogP contribution is -2.48. The molecule has 2 aliphatic rings. The van der Waals surface area contributed by atoms with E-state index in [0.29, 0.717) is 19.0 Å². The molecule has 2 aromatic carbocycles. The van der Waals surface area contributed by atoms with Gasteiger partial charge >= 0.3 is 5.92 Å². The number of nitrogens with one attached hydrogen (secondary N) is 3. The molecule has 0 spiro atoms. The zero-order valence-electron chi connectivity index (χ0n) is 17.1. The van der Waals surface area contributed by atoms with Gasteiger partial charge in [0.15, 0.2) is 0 Å². The number of hydrogen-bond acceptors (Lipinski definition) is 4. The first-order valence-corrected chi connectivity index (χ1v) is 10.2. The molecule has 0 radical (unpaired) electrons. The maximum Gasteiger partial charge on any atom is 0.322 e. The molecule has 0 aliphatic carbocycles. The first-order chi connectivity index (χ1) is 14.8. The van der Waals surface area contributed by atoms with Crippen molar-refractivity contribution < 1.29 is 18.4 Å². The van der Waals surface area contributed by atoms with Crippen molar-refractivity contribution in [1.82, 2.24) is 15.5 Å². The van der Waals surface area contributed by atoms with Crippen molar-refractivity contribution in [1.29, 1.82) is 5.41 Å². The molecule has 6 nitrogen and oxygen atoms in total. The molecule has 2 amide bonds. The van der Waals surface area contributed by atoms with E-state index in [9.17, 15) is 18.4 Å². The summed E-state index contributed by atoms with van der Waals surface area (Å²) in [5, 5.41) is 13.3. The molecule has 8 heteroatoms. The van der Waals surface area contributed by atoms with Crippen LogP contribution in [0, 0.1) is 5.41 Å². The third-order valence-electron chi connectivity index (χ3n) is 5.94. The molecule has 2 aliphatic heterocycles. The Morgan fingerprint density at radius 2 is 1.97 bits per heavy atom. The van der Waals surface area contributed by atoms with Crippen molar-refractivity contribution in [3.8, 4) is 0 Å². The van der Waals surface area contributed by atoms with Gasteiger partial charge in [-0.1, -0.05) is 42.5 Å². The average molecular weight is 426 g/mol. The van der Waals surface area contributed by atoms with Crippen LogP contribution in [0.1, 0.15) is 46.3 Å². The molecule has 162 valence electrons. The van der Waals surface area contributed by atoms with E-state index in [1.165, 1.54) is 11.6 Å². The van der Waals surface area contributed by atoms with Gasteiger partial charge in [-0.05, 0) is 30.2 Å². The number of carbonyl (C=O) groups excluding carboxylic acids is 2. The molecule has 2 heterocycles. The lowest BCUT2D eigenvalue weighted by atomic mass is 9.86. The number of rotatable bonds is 4. The van der Waals surface area contributed by atoms with E-state index in [1.54, 1.807) is 12.1 Å². The van der Waals surface area contributed by atoms with Crippen molar-refractivity contribution in [2.45, 2.75) is 37.8 Å². The van der Waals surface area contributed by atoms with Gasteiger partial charge in [-0.2, -0.15) is 8.78 Å². The van der Waals surface area contributed by atoms with Crippen LogP contribution in [-0.2, 0) is 11.3 Å². The smallest absolute Gasteiger partial charge is 0.322 e. The minimum atomic E-state index is -3.59. The fourth-order valence-electron chi connectivity index (χ4n) is 4.30. The van der Waals surface area contributed by atoms with Crippen molar-refractivity contribution in [2.75, 3.05) is 13.1 Å². The zero-order chi connectivity index (χ0) is 22.2. The number of amidine groups is 1. The molecular formula is C23H24F2N4O2. The van der Waals surface area contributed by atoms with Gasteiger partial charge in [0.1, 0.15) is 5.84 Å². The van der Waals surface area contributed by atoms with E-state index in [4.69, 9.17) is 5.41 Å². The van der Waals surface area contributed by atoms with Crippen LogP contribution in [0.2, 0.25) is 0 Å². The Morgan fingerprint density at radius 1 is 1.23 bits per heavy atom. The van der Waals surface area contributed by atoms with Crippen molar-refractivity contribution >= 4 is 17.6 Å². The van der Waals surface area contributed by atoms with Crippen LogP contribution >= 0.6 is 0 Å². The highest BCUT2D eigenvalue weighted by Crippen LogP contribution is 2.34. The molecule has 0 bridgehead atoms. The Hall–Kier alpha value is -3.13. The van der Waals surface area contributed by atoms with Gasteiger partial charge in [0.25, 0.3) is 11.8 Å². The minimum absolute atomic E-state index is 0.0323. The van der Waals surface area contributed by atoms with Gasteiger partial charge in [0, 0.05) is 43.1 Å². The summed E-state index contributed by atoms with van der Waals surface area (Å²) in [4.78, 5) is 26.6. The van der Waals surface area contributed by atoms with Gasteiger partial charge in [-0.3, -0.25) is 15.0 Å². The Balaban J connectivity index is 1.55. The maximum absolute atomic E-state index is 13.3. The van der Waals surface area contributed by atoms with Crippen LogP contribution in [0.15, 0.2) is 48.5 Å². The van der Waals surface area contributed by atoms with Crippen molar-refractivity contribution in [2.24, 2.45) is 0 Å². The number of nitrogens with zero attached hydrogens (tertiary/aromatic N) is 1. The second kappa shape index (κ2) is 8.19. The predicted molar refractivity (Wildman–Crippen MR) is 112 cm³/mol. The Labute approximate surface area is 179 Å². The Bertz CT molecular complexity index is 1020. The second-order valence-electron chi connectivity index (χ2n) is 8.10. The number of amides is 2. The summed E-state index contributed by atoms with van der Waals surface area (Å²) in [6, 6.07) is 14.9. The van der Waals surface area contributed by atoms with E-state index in [0.717, 1.165) is 25.1 Å². The molecule has 3 N–H and O–H groups in total. The van der Waals surface area contributed by atoms with Crippen molar-refractivity contribution in [3.05, 3.63) is 70.8 Å². The van der Waals surface area contributed by atoms with Crippen LogP contribution in [0.5, 0.6) is 0 Å². The van der Waals surface area contributed by atoms with E-state index in [2.05, 4.69) is 17.4 Å². The van der Waals surface area contributed by atoms with Crippen LogP contribution in [-0.4, -0.2) is 47.6 Å². The highest BCUT2D eigenvalue weighted by Gasteiger charge is 2.39. The molecule has 0 aromatic heterocycles. The third-order valence-corrected chi connectivity index (χ3v) is 5.94. The van der Waals surface area contributed by atoms with Crippen LogP contribution in [0.4, 0.5) is 8.78 Å². The standard InChI is InChI=1S/C23H24F2N4O2/c1-23(24,25)22(31)28-20(26)15-7-8-16-13-29(21(30)17(16)11-15)19-9-10-27-12-18(19)14-5-3-2-4-6-14/h2-8,11,18-19,27H,9-10,12-13H2,1H3,(H2,26,28,31)/t18-,19?/m1/s1. The second-order valence-corrected chi connectivity index (χ2v) is 8.10. The number of hydrogen-bond donors (Lipinski definition) is 3. The van der Waals surface area contributed by atoms with Gasteiger partial charge in [0.05, 0.1) is 0 Å². The molecule has 2 atom stereocenters. The van der Waals surface area contributed by atoms with Crippen LogP contribution in [0.25, 0.3) is 0 Å². The average Bonchev–Trinajstić information content (AvgIpc) is 3.09. The highest BCUT2D eigenvalue weighted by atomic mass is 19.3. The fraction of sp³-hybridized carbons (Fsp3) is 0.348. The quantitative estimate of drug-likeness (QED) is 0.519. The van der Waals surface area contributed by atoms with E-state index >= 15 is 0 Å². The molecule has 1 saturated heterocycles. The first kappa shape index (κ1) is 21.1. The van der Waals surface area contributed by atoms with Gasteiger partial charge in [-0.15, -0.1) is 0 Å². The summed E-state index contributed by atoms with van der Waals surface area (Å²) in [6.45, 7) is 2.54. The van der Waals surface area contributed by atoms with Crippen molar-refractivity contribution in [3.63, 3.8) is 0 Å². The van der Waals surface area contributed by atoms with Gasteiger partial charge in [0.2, 0.25) is 0 Å². The van der Waals surface area contributed by atoms with E-state index in [1.807, 2.05) is 28.4 Å². The predicted octanol–water partition coefficient (Wildman–Crippen LogP) is 2.88. The summed E-state index contributed by atoms with van der Waals surface area (Å²) in [6.07, 6.45) is 0.823. The molecule has 0 saturated carbocycles. The summed E-state index contributed by atoms with van der Waals surface area (Å²) in [5.41, 5.74) is 2.68. The molecule has 1 unspecified atom stereocenters. The Kier molecular flexibility index (Phi) is 5.58. The number of carbonyl (C=O) groups is 2. The number of benzene rings is 2. The SMILES string of the molecule is CC(F)(F)C(=O)NC(=N)c1ccc2c(c1)C(=O)N(C1CCNC[C@@H]1c1ccccc1)C2. The molecule has 1 fully saturated rings. The Morgan fingerprint density at radius 3 is 2.68 bits per heavy atom. The lowest BCUT2D eigenvalue weighted by molar-refractivity contribution is -0.141. The summed E-state index contributed by atoms with van der Waals surface area (Å²) >= 11 is 0. The van der Waals surface area contributed by atoms with E-state index in [-0.39, 0.29) is 23.4 Å². The third kappa shape index (κ3) is 4.20. The summed E-state index contributed by atoms with van der Waals surface area (Å²) in [7, 11) is 0. The molecule has 31 heavy (non-hydrogen) atoms. The topological polar surface area (TPSA) is 85.3 Å². The first-order valence-electron chi connectivity index (χ1n) is 10.2. The fourth-order valence-corrected chi connectivity index (χ4v) is 4.30. The van der Waals surface area contributed by atoms with Gasteiger partial charge < -0.3 is 15.5 Å². The number of piperidine rings is 1. The van der Waals surface area contributed by atoms with Gasteiger partial charge in [-0.25, -0.2) is 0 Å². The molecule has 2 aromatic rings. The van der Waals surface area contributed by atoms with E-state index < -0.39 is 17.7 Å². The summed E-state index contributed by atoms with van der Waals surface area (Å²) in [5.74, 6) is -5.56. The largest absolute Gasteiger partial charge is 0.331 e. The number of alkyl halides is 2. The van der Waals surface area contributed by atoms with Crippen LogP contribution < -0.4 is 10.6 Å². The maximum atomic E-state index is 13.3. The number of halogens is 2. The molecule has 4 rings (SSSR count). The minimum Gasteiger partial charge on any atom is -0.331 e. The number of fused-ring (bicyclic) bond motifs is 1. The lowest BCUT2D eigenvalue weighted by Gasteiger charge is -2.38. The zero-order valence-corrected chi connectivity index (χ0v) is 17.1.